The van der Waals surface area contributed by atoms with Crippen LogP contribution in [0.2, 0.25) is 0 Å². The molecule has 0 aliphatic carbocycles. The lowest BCUT2D eigenvalue weighted by molar-refractivity contribution is 0.0668. The van der Waals surface area contributed by atoms with Crippen molar-refractivity contribution in [3.8, 4) is 0 Å². The van der Waals surface area contributed by atoms with Gasteiger partial charge in [-0.05, 0) is 43.5 Å². The number of rotatable bonds is 2. The summed E-state index contributed by atoms with van der Waals surface area (Å²) in [5, 5.41) is 9.61. The number of halogens is 1. The molecule has 0 amide bonds. The number of aliphatic hydroxyl groups is 1. The van der Waals surface area contributed by atoms with Crippen LogP contribution in [0.1, 0.15) is 24.0 Å². The summed E-state index contributed by atoms with van der Waals surface area (Å²) in [5.41, 5.74) is 2.58. The third-order valence-corrected chi connectivity index (χ3v) is 3.98. The van der Waals surface area contributed by atoms with Crippen LogP contribution in [0.15, 0.2) is 22.7 Å². The zero-order valence-electron chi connectivity index (χ0n) is 9.62. The van der Waals surface area contributed by atoms with E-state index in [0.717, 1.165) is 32.5 Å². The molecule has 0 saturated carbocycles. The molecule has 1 aromatic rings. The Balaban J connectivity index is 2.00. The minimum atomic E-state index is -0.136. The zero-order valence-corrected chi connectivity index (χ0v) is 11.2. The highest BCUT2D eigenvalue weighted by Crippen LogP contribution is 2.20. The lowest BCUT2D eigenvalue weighted by atomic mass is 10.1. The molecule has 0 aromatic heterocycles. The quantitative estimate of drug-likeness (QED) is 0.902. The first-order valence-corrected chi connectivity index (χ1v) is 6.60. The van der Waals surface area contributed by atoms with Gasteiger partial charge >= 0.3 is 0 Å². The Morgan fingerprint density at radius 1 is 1.50 bits per heavy atom. The molecule has 3 heteroatoms. The fourth-order valence-corrected chi connectivity index (χ4v) is 2.59. The Morgan fingerprint density at radius 2 is 2.31 bits per heavy atom. The van der Waals surface area contributed by atoms with Crippen molar-refractivity contribution in [3.05, 3.63) is 33.8 Å². The van der Waals surface area contributed by atoms with Crippen molar-refractivity contribution in [1.82, 2.24) is 4.90 Å². The van der Waals surface area contributed by atoms with E-state index >= 15 is 0 Å². The number of aliphatic hydroxyl groups excluding tert-OH is 1. The van der Waals surface area contributed by atoms with Gasteiger partial charge in [0.2, 0.25) is 0 Å². The minimum absolute atomic E-state index is 0.136. The molecule has 1 aromatic carbocycles. The average Bonchev–Trinajstić information content (AvgIpc) is 2.24. The standard InChI is InChI=1S/C13H18BrNO/c1-10-4-5-11(7-13(10)14)8-15-6-2-3-12(16)9-15/h4-5,7,12,16H,2-3,6,8-9H2,1H3. The first-order valence-electron chi connectivity index (χ1n) is 5.80. The lowest BCUT2D eigenvalue weighted by Gasteiger charge is -2.30. The number of benzene rings is 1. The van der Waals surface area contributed by atoms with Crippen molar-refractivity contribution in [2.45, 2.75) is 32.4 Å². The van der Waals surface area contributed by atoms with Gasteiger partial charge in [0.05, 0.1) is 6.10 Å². The molecule has 0 spiro atoms. The maximum Gasteiger partial charge on any atom is 0.0667 e. The molecule has 1 aliphatic rings. The van der Waals surface area contributed by atoms with Gasteiger partial charge in [-0.25, -0.2) is 0 Å². The molecule has 1 fully saturated rings. The van der Waals surface area contributed by atoms with Crippen LogP contribution in [0, 0.1) is 6.92 Å². The highest BCUT2D eigenvalue weighted by molar-refractivity contribution is 9.10. The van der Waals surface area contributed by atoms with Gasteiger partial charge in [-0.1, -0.05) is 28.1 Å². The number of hydrogen-bond acceptors (Lipinski definition) is 2. The van der Waals surface area contributed by atoms with E-state index in [0.29, 0.717) is 0 Å². The van der Waals surface area contributed by atoms with Gasteiger partial charge in [-0.3, -0.25) is 4.90 Å². The van der Waals surface area contributed by atoms with E-state index in [1.165, 1.54) is 15.6 Å². The van der Waals surface area contributed by atoms with Crippen molar-refractivity contribution in [1.29, 1.82) is 0 Å². The molecule has 0 radical (unpaired) electrons. The maximum absolute atomic E-state index is 9.61. The summed E-state index contributed by atoms with van der Waals surface area (Å²) in [6.45, 7) is 4.95. The van der Waals surface area contributed by atoms with E-state index in [4.69, 9.17) is 0 Å². The van der Waals surface area contributed by atoms with Gasteiger partial charge in [-0.15, -0.1) is 0 Å². The highest BCUT2D eigenvalue weighted by Gasteiger charge is 2.17. The monoisotopic (exact) mass is 283 g/mol. The molecule has 1 aliphatic heterocycles. The van der Waals surface area contributed by atoms with Crippen LogP contribution in [0.4, 0.5) is 0 Å². The number of piperidine rings is 1. The van der Waals surface area contributed by atoms with E-state index in [9.17, 15) is 5.11 Å². The maximum atomic E-state index is 9.61. The number of nitrogens with zero attached hydrogens (tertiary/aromatic N) is 1. The average molecular weight is 284 g/mol. The van der Waals surface area contributed by atoms with Crippen LogP contribution in [0.3, 0.4) is 0 Å². The summed E-state index contributed by atoms with van der Waals surface area (Å²) in [7, 11) is 0. The molecule has 1 saturated heterocycles. The second-order valence-electron chi connectivity index (χ2n) is 4.61. The van der Waals surface area contributed by atoms with Crippen LogP contribution < -0.4 is 0 Å². The number of β-amino-alcohol motifs (C(OH)–C–C–N with tert-alkyl or cyclic N) is 1. The van der Waals surface area contributed by atoms with E-state index in [1.807, 2.05) is 0 Å². The Labute approximate surface area is 105 Å². The summed E-state index contributed by atoms with van der Waals surface area (Å²) in [4.78, 5) is 2.32. The predicted molar refractivity (Wildman–Crippen MR) is 69.4 cm³/mol. The Bertz CT molecular complexity index is 367. The van der Waals surface area contributed by atoms with Gasteiger partial charge < -0.3 is 5.11 Å². The summed E-state index contributed by atoms with van der Waals surface area (Å²) in [5.74, 6) is 0. The van der Waals surface area contributed by atoms with E-state index in [-0.39, 0.29) is 6.10 Å². The SMILES string of the molecule is Cc1ccc(CN2CCCC(O)C2)cc1Br. The second-order valence-corrected chi connectivity index (χ2v) is 5.47. The molecule has 16 heavy (non-hydrogen) atoms. The Hall–Kier alpha value is -0.380. The number of likely N-dealkylation sites (tertiary alicyclic amines) is 1. The van der Waals surface area contributed by atoms with Crippen LogP contribution in [0.5, 0.6) is 0 Å². The number of hydrogen-bond donors (Lipinski definition) is 1. The molecule has 0 bridgehead atoms. The summed E-state index contributed by atoms with van der Waals surface area (Å²) in [6, 6.07) is 6.48. The molecule has 88 valence electrons. The third-order valence-electron chi connectivity index (χ3n) is 3.12. The molecular weight excluding hydrogens is 266 g/mol. The second kappa shape index (κ2) is 5.30. The third kappa shape index (κ3) is 3.06. The summed E-state index contributed by atoms with van der Waals surface area (Å²) in [6.07, 6.45) is 1.92. The molecule has 1 N–H and O–H groups in total. The van der Waals surface area contributed by atoms with Crippen LogP contribution in [0.25, 0.3) is 0 Å². The first-order chi connectivity index (χ1) is 7.65. The smallest absolute Gasteiger partial charge is 0.0667 e. The van der Waals surface area contributed by atoms with Crippen LogP contribution in [-0.4, -0.2) is 29.2 Å². The highest BCUT2D eigenvalue weighted by atomic mass is 79.9. The molecule has 2 rings (SSSR count). The fourth-order valence-electron chi connectivity index (χ4n) is 2.17. The van der Waals surface area contributed by atoms with Crippen molar-refractivity contribution in [2.75, 3.05) is 13.1 Å². The molecule has 2 nitrogen and oxygen atoms in total. The summed E-state index contributed by atoms with van der Waals surface area (Å²) >= 11 is 3.55. The fraction of sp³-hybridized carbons (Fsp3) is 0.538. The first kappa shape index (κ1) is 12.1. The lowest BCUT2D eigenvalue weighted by Crippen LogP contribution is -2.37. The van der Waals surface area contributed by atoms with E-state index < -0.39 is 0 Å². The van der Waals surface area contributed by atoms with Crippen molar-refractivity contribution in [2.24, 2.45) is 0 Å². The van der Waals surface area contributed by atoms with E-state index in [1.54, 1.807) is 0 Å². The normalized spacial score (nSPS) is 22.3. The molecule has 1 heterocycles. The minimum Gasteiger partial charge on any atom is -0.392 e. The van der Waals surface area contributed by atoms with Gasteiger partial charge in [-0.2, -0.15) is 0 Å². The van der Waals surface area contributed by atoms with Crippen LogP contribution >= 0.6 is 15.9 Å². The Kier molecular flexibility index (Phi) is 4.00. The van der Waals surface area contributed by atoms with Crippen molar-refractivity contribution >= 4 is 15.9 Å². The van der Waals surface area contributed by atoms with Gasteiger partial charge in [0, 0.05) is 17.6 Å². The van der Waals surface area contributed by atoms with Crippen LogP contribution in [-0.2, 0) is 6.54 Å². The molecule has 1 unspecified atom stereocenters. The van der Waals surface area contributed by atoms with Crippen molar-refractivity contribution in [3.63, 3.8) is 0 Å². The number of aryl methyl sites for hydroxylation is 1. The predicted octanol–water partition coefficient (Wildman–Crippen LogP) is 2.71. The molecule has 1 atom stereocenters. The van der Waals surface area contributed by atoms with Gasteiger partial charge in [0.15, 0.2) is 0 Å². The zero-order chi connectivity index (χ0) is 11.5. The summed E-state index contributed by atoms with van der Waals surface area (Å²) < 4.78 is 1.17. The Morgan fingerprint density at radius 3 is 3.00 bits per heavy atom. The van der Waals surface area contributed by atoms with E-state index in [2.05, 4.69) is 46.0 Å². The largest absolute Gasteiger partial charge is 0.392 e. The molecular formula is C13H18BrNO. The van der Waals surface area contributed by atoms with Gasteiger partial charge in [0.1, 0.15) is 0 Å². The topological polar surface area (TPSA) is 23.5 Å². The van der Waals surface area contributed by atoms with Crippen molar-refractivity contribution < 1.29 is 5.11 Å². The van der Waals surface area contributed by atoms with Gasteiger partial charge in [0.25, 0.3) is 0 Å².